The zero-order valence-electron chi connectivity index (χ0n) is 11.5. The van der Waals surface area contributed by atoms with E-state index in [0.29, 0.717) is 0 Å². The fourth-order valence-electron chi connectivity index (χ4n) is 3.14. The average molecular weight is 229 g/mol. The molecule has 2 heterocycles. The Morgan fingerprint density at radius 2 is 1.47 bits per heavy atom. The molecule has 0 radical (unpaired) electrons. The second kappa shape index (κ2) is 4.95. The predicted molar refractivity (Wildman–Crippen MR) is 74.9 cm³/mol. The molecule has 0 atom stereocenters. The zero-order valence-corrected chi connectivity index (χ0v) is 11.5. The third-order valence-electron chi connectivity index (χ3n) is 3.82. The molecule has 0 aliphatic heterocycles. The number of rotatable bonds is 4. The van der Waals surface area contributed by atoms with Crippen molar-refractivity contribution in [2.75, 3.05) is 0 Å². The Morgan fingerprint density at radius 1 is 0.824 bits per heavy atom. The third-order valence-corrected chi connectivity index (χ3v) is 3.82. The molecular formula is C16H23N. The van der Waals surface area contributed by atoms with Gasteiger partial charge in [0.05, 0.1) is 0 Å². The smallest absolute Gasteiger partial charge is 0.0487 e. The lowest BCUT2D eigenvalue weighted by Crippen LogP contribution is -2.08. The lowest BCUT2D eigenvalue weighted by atomic mass is 9.93. The molecule has 2 rings (SSSR count). The highest BCUT2D eigenvalue weighted by molar-refractivity contribution is 5.62. The summed E-state index contributed by atoms with van der Waals surface area (Å²) in [5.74, 6) is 0. The van der Waals surface area contributed by atoms with Gasteiger partial charge in [-0.05, 0) is 54.5 Å². The SMILES string of the molecule is CCc1c(CC)c(CC)n2cccc2c1CC. The van der Waals surface area contributed by atoms with Gasteiger partial charge in [0, 0.05) is 17.4 Å². The molecule has 0 unspecified atom stereocenters. The Morgan fingerprint density at radius 3 is 2.00 bits per heavy atom. The van der Waals surface area contributed by atoms with Gasteiger partial charge in [0.15, 0.2) is 0 Å². The van der Waals surface area contributed by atoms with Gasteiger partial charge >= 0.3 is 0 Å². The van der Waals surface area contributed by atoms with Crippen molar-refractivity contribution in [3.05, 3.63) is 40.7 Å². The summed E-state index contributed by atoms with van der Waals surface area (Å²) in [6.07, 6.45) is 6.76. The first kappa shape index (κ1) is 12.2. The molecule has 0 fully saturated rings. The fraction of sp³-hybridized carbons (Fsp3) is 0.500. The number of fused-ring (bicyclic) bond motifs is 1. The van der Waals surface area contributed by atoms with Gasteiger partial charge in [-0.15, -0.1) is 0 Å². The van der Waals surface area contributed by atoms with Gasteiger partial charge in [0.1, 0.15) is 0 Å². The number of nitrogens with zero attached hydrogens (tertiary/aromatic N) is 1. The molecule has 1 nitrogen and oxygen atoms in total. The zero-order chi connectivity index (χ0) is 12.4. The van der Waals surface area contributed by atoms with Crippen LogP contribution in [-0.4, -0.2) is 4.40 Å². The van der Waals surface area contributed by atoms with E-state index in [1.54, 1.807) is 16.7 Å². The summed E-state index contributed by atoms with van der Waals surface area (Å²) in [6, 6.07) is 4.43. The van der Waals surface area contributed by atoms with Crippen LogP contribution in [0.3, 0.4) is 0 Å². The molecule has 17 heavy (non-hydrogen) atoms. The molecular weight excluding hydrogens is 206 g/mol. The van der Waals surface area contributed by atoms with Crippen molar-refractivity contribution in [1.82, 2.24) is 4.40 Å². The molecule has 2 aromatic rings. The van der Waals surface area contributed by atoms with E-state index < -0.39 is 0 Å². The largest absolute Gasteiger partial charge is 0.320 e. The molecule has 0 bridgehead atoms. The highest BCUT2D eigenvalue weighted by Crippen LogP contribution is 2.27. The minimum Gasteiger partial charge on any atom is -0.320 e. The van der Waals surface area contributed by atoms with Gasteiger partial charge in [-0.25, -0.2) is 0 Å². The van der Waals surface area contributed by atoms with E-state index in [-0.39, 0.29) is 0 Å². The van der Waals surface area contributed by atoms with Gasteiger partial charge in [0.2, 0.25) is 0 Å². The van der Waals surface area contributed by atoms with Crippen LogP contribution in [0, 0.1) is 0 Å². The lowest BCUT2D eigenvalue weighted by molar-refractivity contribution is 0.878. The van der Waals surface area contributed by atoms with Gasteiger partial charge in [-0.1, -0.05) is 27.7 Å². The third kappa shape index (κ3) is 1.78. The molecule has 0 aliphatic carbocycles. The van der Waals surface area contributed by atoms with Crippen LogP contribution >= 0.6 is 0 Å². The van der Waals surface area contributed by atoms with E-state index in [4.69, 9.17) is 0 Å². The first-order valence-corrected chi connectivity index (χ1v) is 6.90. The molecule has 0 N–H and O–H groups in total. The van der Waals surface area contributed by atoms with Crippen molar-refractivity contribution < 1.29 is 0 Å². The molecule has 0 amide bonds. The summed E-state index contributed by atoms with van der Waals surface area (Å²) in [7, 11) is 0. The average Bonchev–Trinajstić information content (AvgIpc) is 2.84. The molecule has 0 aromatic carbocycles. The molecule has 0 saturated carbocycles. The number of aryl methyl sites for hydroxylation is 2. The lowest BCUT2D eigenvalue weighted by Gasteiger charge is -2.19. The number of pyridine rings is 1. The Labute approximate surface area is 104 Å². The Bertz CT molecular complexity index is 474. The standard InChI is InChI=1S/C16H23N/c1-5-12-13(6-2)15(8-4)17-11-9-10-16(17)14(12)7-3/h9-11H,5-8H2,1-4H3. The molecule has 2 aromatic heterocycles. The fourth-order valence-corrected chi connectivity index (χ4v) is 3.14. The molecule has 0 saturated heterocycles. The van der Waals surface area contributed by atoms with E-state index in [2.05, 4.69) is 50.4 Å². The van der Waals surface area contributed by atoms with E-state index in [1.807, 2.05) is 0 Å². The molecule has 0 aliphatic rings. The van der Waals surface area contributed by atoms with E-state index in [9.17, 15) is 0 Å². The molecule has 92 valence electrons. The van der Waals surface area contributed by atoms with E-state index in [1.165, 1.54) is 11.2 Å². The maximum Gasteiger partial charge on any atom is 0.0487 e. The summed E-state index contributed by atoms with van der Waals surface area (Å²) in [5, 5.41) is 0. The second-order valence-electron chi connectivity index (χ2n) is 4.56. The maximum atomic E-state index is 2.40. The van der Waals surface area contributed by atoms with Crippen LogP contribution in [0.25, 0.3) is 5.52 Å². The van der Waals surface area contributed by atoms with Crippen LogP contribution in [0.15, 0.2) is 18.3 Å². The van der Waals surface area contributed by atoms with Gasteiger partial charge in [0.25, 0.3) is 0 Å². The molecule has 1 heteroatoms. The van der Waals surface area contributed by atoms with Crippen LogP contribution in [0.4, 0.5) is 0 Å². The summed E-state index contributed by atoms with van der Waals surface area (Å²) >= 11 is 0. The van der Waals surface area contributed by atoms with Crippen LogP contribution in [-0.2, 0) is 25.7 Å². The summed E-state index contributed by atoms with van der Waals surface area (Å²) in [5.41, 5.74) is 7.64. The van der Waals surface area contributed by atoms with Gasteiger partial charge < -0.3 is 4.40 Å². The van der Waals surface area contributed by atoms with Crippen LogP contribution < -0.4 is 0 Å². The highest BCUT2D eigenvalue weighted by Gasteiger charge is 2.14. The minimum absolute atomic E-state index is 1.12. The molecule has 0 spiro atoms. The quantitative estimate of drug-likeness (QED) is 0.740. The van der Waals surface area contributed by atoms with Crippen LogP contribution in [0.5, 0.6) is 0 Å². The minimum atomic E-state index is 1.12. The Hall–Kier alpha value is -1.24. The summed E-state index contributed by atoms with van der Waals surface area (Å²) in [4.78, 5) is 0. The van der Waals surface area contributed by atoms with Crippen molar-refractivity contribution in [3.8, 4) is 0 Å². The van der Waals surface area contributed by atoms with Crippen molar-refractivity contribution in [2.45, 2.75) is 53.4 Å². The summed E-state index contributed by atoms with van der Waals surface area (Å²) in [6.45, 7) is 9.10. The predicted octanol–water partition coefficient (Wildman–Crippen LogP) is 4.19. The van der Waals surface area contributed by atoms with Crippen LogP contribution in [0.1, 0.15) is 50.1 Å². The van der Waals surface area contributed by atoms with Crippen LogP contribution in [0.2, 0.25) is 0 Å². The Balaban J connectivity index is 2.89. The van der Waals surface area contributed by atoms with Crippen molar-refractivity contribution in [2.24, 2.45) is 0 Å². The normalized spacial score (nSPS) is 11.3. The Kier molecular flexibility index (Phi) is 3.56. The van der Waals surface area contributed by atoms with Crippen molar-refractivity contribution >= 4 is 5.52 Å². The first-order chi connectivity index (χ1) is 8.28. The van der Waals surface area contributed by atoms with Crippen molar-refractivity contribution in [1.29, 1.82) is 0 Å². The van der Waals surface area contributed by atoms with Crippen molar-refractivity contribution in [3.63, 3.8) is 0 Å². The maximum absolute atomic E-state index is 2.40. The van der Waals surface area contributed by atoms with Gasteiger partial charge in [-0.3, -0.25) is 0 Å². The first-order valence-electron chi connectivity index (χ1n) is 6.90. The topological polar surface area (TPSA) is 4.41 Å². The number of hydrogen-bond donors (Lipinski definition) is 0. The van der Waals surface area contributed by atoms with E-state index >= 15 is 0 Å². The number of hydrogen-bond acceptors (Lipinski definition) is 0. The second-order valence-corrected chi connectivity index (χ2v) is 4.56. The van der Waals surface area contributed by atoms with E-state index in [0.717, 1.165) is 25.7 Å². The number of aromatic nitrogens is 1. The monoisotopic (exact) mass is 229 g/mol. The van der Waals surface area contributed by atoms with Gasteiger partial charge in [-0.2, -0.15) is 0 Å². The highest BCUT2D eigenvalue weighted by atomic mass is 14.9. The summed E-state index contributed by atoms with van der Waals surface area (Å²) < 4.78 is 2.40.